The summed E-state index contributed by atoms with van der Waals surface area (Å²) in [6.45, 7) is 3.86. The average Bonchev–Trinajstić information content (AvgIpc) is 3.02. The van der Waals surface area contributed by atoms with Crippen LogP contribution in [0, 0.1) is 11.8 Å². The number of aromatic nitrogens is 4. The fraction of sp³-hybridized carbons (Fsp3) is 0.529. The molecule has 2 aromatic rings. The summed E-state index contributed by atoms with van der Waals surface area (Å²) in [7, 11) is 1.64. The summed E-state index contributed by atoms with van der Waals surface area (Å²) in [5.74, 6) is 3.91. The minimum absolute atomic E-state index is 0.139. The van der Waals surface area contributed by atoms with E-state index in [9.17, 15) is 18.0 Å². The van der Waals surface area contributed by atoms with E-state index in [-0.39, 0.29) is 11.6 Å². The molecule has 12 heteroatoms. The summed E-state index contributed by atoms with van der Waals surface area (Å²) >= 11 is 0. The molecule has 0 spiro atoms. The smallest absolute Gasteiger partial charge is 0.475 e. The molecule has 1 atom stereocenters. The van der Waals surface area contributed by atoms with Crippen molar-refractivity contribution in [1.29, 1.82) is 0 Å². The van der Waals surface area contributed by atoms with E-state index >= 15 is 0 Å². The zero-order valence-electron chi connectivity index (χ0n) is 15.9. The summed E-state index contributed by atoms with van der Waals surface area (Å²) < 4.78 is 34.9. The molecule has 0 amide bonds. The number of nitrogens with two attached hydrogens (primary N) is 1. The van der Waals surface area contributed by atoms with Crippen molar-refractivity contribution in [2.24, 2.45) is 12.8 Å². The Labute approximate surface area is 163 Å². The van der Waals surface area contributed by atoms with Crippen molar-refractivity contribution in [3.8, 4) is 11.8 Å². The molecule has 0 aliphatic carbocycles. The minimum Gasteiger partial charge on any atom is -0.475 e. The average molecular weight is 414 g/mol. The molecule has 0 bridgehead atoms. The number of hydrogen-bond acceptors (Lipinski definition) is 6. The third-order valence-electron chi connectivity index (χ3n) is 4.22. The second-order valence-corrected chi connectivity index (χ2v) is 6.38. The number of anilines is 1. The van der Waals surface area contributed by atoms with Crippen molar-refractivity contribution in [2.75, 3.05) is 18.0 Å². The first kappa shape index (κ1) is 22.2. The molecule has 29 heavy (non-hydrogen) atoms. The minimum atomic E-state index is -5.08. The van der Waals surface area contributed by atoms with Crippen LogP contribution in [0.1, 0.15) is 19.8 Å². The van der Waals surface area contributed by atoms with Gasteiger partial charge in [0, 0.05) is 26.2 Å². The number of hydrogen-bond donors (Lipinski definition) is 2. The van der Waals surface area contributed by atoms with E-state index in [1.54, 1.807) is 20.2 Å². The molecule has 0 radical (unpaired) electrons. The van der Waals surface area contributed by atoms with E-state index in [2.05, 4.69) is 26.8 Å². The van der Waals surface area contributed by atoms with Crippen molar-refractivity contribution in [2.45, 2.75) is 38.5 Å². The topological polar surface area (TPSA) is 119 Å². The van der Waals surface area contributed by atoms with Crippen LogP contribution in [0.25, 0.3) is 11.0 Å². The molecular formula is C17H21F3N6O3. The maximum absolute atomic E-state index is 12.4. The van der Waals surface area contributed by atoms with Gasteiger partial charge in [0.15, 0.2) is 0 Å². The third kappa shape index (κ3) is 5.26. The maximum Gasteiger partial charge on any atom is 0.490 e. The summed E-state index contributed by atoms with van der Waals surface area (Å²) in [6.07, 6.45) is -1.41. The second kappa shape index (κ2) is 8.95. The highest BCUT2D eigenvalue weighted by Gasteiger charge is 2.38. The van der Waals surface area contributed by atoms with Crippen LogP contribution in [0.15, 0.2) is 11.0 Å². The van der Waals surface area contributed by atoms with Crippen molar-refractivity contribution in [3.63, 3.8) is 0 Å². The molecule has 0 aromatic carbocycles. The van der Waals surface area contributed by atoms with Crippen LogP contribution in [0.2, 0.25) is 0 Å². The number of halogens is 3. The van der Waals surface area contributed by atoms with Gasteiger partial charge in [-0.15, -0.1) is 5.92 Å². The number of aryl methyl sites for hydroxylation is 1. The fourth-order valence-electron chi connectivity index (χ4n) is 2.86. The number of rotatable bonds is 2. The van der Waals surface area contributed by atoms with Crippen molar-refractivity contribution < 1.29 is 23.1 Å². The number of carbonyl (C=O) groups is 1. The van der Waals surface area contributed by atoms with Gasteiger partial charge >= 0.3 is 12.1 Å². The Bertz CT molecular complexity index is 1000. The van der Waals surface area contributed by atoms with E-state index in [1.165, 1.54) is 4.68 Å². The molecule has 2 aromatic heterocycles. The Morgan fingerprint density at radius 2 is 2.10 bits per heavy atom. The quantitative estimate of drug-likeness (QED) is 0.695. The highest BCUT2D eigenvalue weighted by molar-refractivity contribution is 5.77. The Kier molecular flexibility index (Phi) is 6.86. The number of piperidine rings is 1. The van der Waals surface area contributed by atoms with Gasteiger partial charge in [-0.3, -0.25) is 9.36 Å². The maximum atomic E-state index is 12.4. The van der Waals surface area contributed by atoms with Gasteiger partial charge in [-0.25, -0.2) is 14.5 Å². The third-order valence-corrected chi connectivity index (χ3v) is 4.22. The summed E-state index contributed by atoms with van der Waals surface area (Å²) in [5.41, 5.74) is 7.08. The second-order valence-electron chi connectivity index (χ2n) is 6.38. The molecule has 1 saturated heterocycles. The number of carboxylic acids is 1. The zero-order chi connectivity index (χ0) is 21.8. The van der Waals surface area contributed by atoms with Crippen LogP contribution in [0.4, 0.5) is 19.1 Å². The van der Waals surface area contributed by atoms with E-state index in [1.807, 2.05) is 4.57 Å². The number of imidazole rings is 1. The molecule has 3 heterocycles. The van der Waals surface area contributed by atoms with Crippen LogP contribution < -0.4 is 16.2 Å². The largest absolute Gasteiger partial charge is 0.490 e. The zero-order valence-corrected chi connectivity index (χ0v) is 15.9. The van der Waals surface area contributed by atoms with Crippen molar-refractivity contribution in [1.82, 2.24) is 19.3 Å². The molecule has 3 rings (SSSR count). The molecule has 1 fully saturated rings. The Balaban J connectivity index is 0.000000370. The van der Waals surface area contributed by atoms with E-state index in [0.29, 0.717) is 17.6 Å². The van der Waals surface area contributed by atoms with E-state index in [0.717, 1.165) is 31.9 Å². The van der Waals surface area contributed by atoms with Crippen LogP contribution in [-0.2, 0) is 18.4 Å². The van der Waals surface area contributed by atoms with Crippen LogP contribution in [-0.4, -0.2) is 55.7 Å². The molecule has 9 nitrogen and oxygen atoms in total. The molecule has 158 valence electrons. The highest BCUT2D eigenvalue weighted by Crippen LogP contribution is 2.22. The first-order valence-electron chi connectivity index (χ1n) is 8.69. The molecular weight excluding hydrogens is 393 g/mol. The van der Waals surface area contributed by atoms with Crippen molar-refractivity contribution >= 4 is 23.0 Å². The summed E-state index contributed by atoms with van der Waals surface area (Å²) in [6, 6.07) is 0.139. The Morgan fingerprint density at radius 3 is 2.66 bits per heavy atom. The number of nitrogens with zero attached hydrogens (tertiary/aromatic N) is 5. The van der Waals surface area contributed by atoms with Crippen LogP contribution >= 0.6 is 0 Å². The lowest BCUT2D eigenvalue weighted by Gasteiger charge is -2.31. The highest BCUT2D eigenvalue weighted by atomic mass is 19.4. The van der Waals surface area contributed by atoms with Gasteiger partial charge in [0.1, 0.15) is 11.0 Å². The molecule has 1 aliphatic heterocycles. The standard InChI is InChI=1S/C15H20N6O.C2HF3O2/c1-3-4-8-21-13-12(9-17-19(2)14(13)22)18-15(21)20-7-5-6-11(16)10-20;3-2(4,5)1(6)7/h9,11H,5-8,10,16H2,1-2H3;(H,6,7). The molecule has 0 saturated carbocycles. The Morgan fingerprint density at radius 1 is 1.45 bits per heavy atom. The summed E-state index contributed by atoms with van der Waals surface area (Å²) in [5, 5.41) is 11.2. The number of alkyl halides is 3. The van der Waals surface area contributed by atoms with Gasteiger partial charge in [0.25, 0.3) is 5.56 Å². The van der Waals surface area contributed by atoms with Gasteiger partial charge in [-0.05, 0) is 19.8 Å². The lowest BCUT2D eigenvalue weighted by molar-refractivity contribution is -0.192. The predicted octanol–water partition coefficient (Wildman–Crippen LogP) is 0.714. The van der Waals surface area contributed by atoms with Gasteiger partial charge < -0.3 is 15.7 Å². The van der Waals surface area contributed by atoms with E-state index < -0.39 is 12.1 Å². The van der Waals surface area contributed by atoms with E-state index in [4.69, 9.17) is 15.6 Å². The number of fused-ring (bicyclic) bond motifs is 1. The van der Waals surface area contributed by atoms with Crippen LogP contribution in [0.5, 0.6) is 0 Å². The van der Waals surface area contributed by atoms with Gasteiger partial charge in [0.05, 0.1) is 12.7 Å². The molecule has 1 aliphatic rings. The molecule has 3 N–H and O–H groups in total. The number of aliphatic carboxylic acids is 1. The monoisotopic (exact) mass is 414 g/mol. The Hall–Kier alpha value is -3.07. The van der Waals surface area contributed by atoms with Gasteiger partial charge in [-0.2, -0.15) is 18.3 Å². The van der Waals surface area contributed by atoms with Crippen LogP contribution in [0.3, 0.4) is 0 Å². The van der Waals surface area contributed by atoms with Gasteiger partial charge in [-0.1, -0.05) is 5.92 Å². The SMILES string of the molecule is CC#CCn1c(N2CCCC(N)C2)nc2cnn(C)c(=O)c21.O=C(O)C(F)(F)F. The normalized spacial score (nSPS) is 16.6. The number of carboxylic acid groups (broad SMARTS) is 1. The fourth-order valence-corrected chi connectivity index (χ4v) is 2.86. The first-order valence-corrected chi connectivity index (χ1v) is 8.69. The predicted molar refractivity (Wildman–Crippen MR) is 99.3 cm³/mol. The van der Waals surface area contributed by atoms with Crippen molar-refractivity contribution in [3.05, 3.63) is 16.6 Å². The molecule has 1 unspecified atom stereocenters. The lowest BCUT2D eigenvalue weighted by atomic mass is 10.1. The lowest BCUT2D eigenvalue weighted by Crippen LogP contribution is -2.44. The van der Waals surface area contributed by atoms with Gasteiger partial charge in [0.2, 0.25) is 5.95 Å². The first-order chi connectivity index (χ1) is 13.6. The summed E-state index contributed by atoms with van der Waals surface area (Å²) in [4.78, 5) is 28.1.